The van der Waals surface area contributed by atoms with Crippen LogP contribution in [0.1, 0.15) is 33.6 Å². The normalized spacial score (nSPS) is 33.2. The lowest BCUT2D eigenvalue weighted by molar-refractivity contribution is -0.105. The molecule has 0 amide bonds. The maximum Gasteiger partial charge on any atom is 0.145 e. The lowest BCUT2D eigenvalue weighted by Crippen LogP contribution is -2.08. The van der Waals surface area contributed by atoms with Crippen LogP contribution in [0, 0.1) is 17.3 Å². The Labute approximate surface area is 74.9 Å². The van der Waals surface area contributed by atoms with Crippen LogP contribution < -0.4 is 0 Å². The van der Waals surface area contributed by atoms with E-state index in [1.807, 2.05) is 0 Å². The molecule has 1 aliphatic rings. The van der Waals surface area contributed by atoms with E-state index < -0.39 is 0 Å². The third-order valence-corrected chi connectivity index (χ3v) is 2.96. The van der Waals surface area contributed by atoms with Crippen molar-refractivity contribution >= 4 is 6.29 Å². The SMILES string of the molecule is C=C(C=O)C1CC(C)(C)CC1C. The van der Waals surface area contributed by atoms with Crippen LogP contribution in [0.3, 0.4) is 0 Å². The third kappa shape index (κ3) is 1.77. The Kier molecular flexibility index (Phi) is 2.41. The van der Waals surface area contributed by atoms with Gasteiger partial charge in [-0.15, -0.1) is 0 Å². The van der Waals surface area contributed by atoms with Crippen molar-refractivity contribution in [1.82, 2.24) is 0 Å². The van der Waals surface area contributed by atoms with Gasteiger partial charge in [-0.05, 0) is 35.7 Å². The Morgan fingerprint density at radius 3 is 2.42 bits per heavy atom. The molecule has 12 heavy (non-hydrogen) atoms. The van der Waals surface area contributed by atoms with Gasteiger partial charge in [-0.25, -0.2) is 0 Å². The van der Waals surface area contributed by atoms with Gasteiger partial charge >= 0.3 is 0 Å². The Morgan fingerprint density at radius 1 is 1.50 bits per heavy atom. The zero-order valence-electron chi connectivity index (χ0n) is 8.26. The fourth-order valence-electron chi connectivity index (χ4n) is 2.48. The summed E-state index contributed by atoms with van der Waals surface area (Å²) in [5.41, 5.74) is 1.18. The second-order valence-corrected chi connectivity index (χ2v) is 4.85. The van der Waals surface area contributed by atoms with Crippen molar-refractivity contribution in [3.63, 3.8) is 0 Å². The summed E-state index contributed by atoms with van der Waals surface area (Å²) in [6, 6.07) is 0. The van der Waals surface area contributed by atoms with Gasteiger partial charge in [0.15, 0.2) is 0 Å². The van der Waals surface area contributed by atoms with Crippen molar-refractivity contribution < 1.29 is 4.79 Å². The number of aldehydes is 1. The molecule has 1 saturated carbocycles. The molecule has 0 aromatic heterocycles. The van der Waals surface area contributed by atoms with E-state index in [1.165, 1.54) is 6.42 Å². The number of rotatable bonds is 2. The molecular formula is C11H18O. The summed E-state index contributed by atoms with van der Waals surface area (Å²) < 4.78 is 0. The summed E-state index contributed by atoms with van der Waals surface area (Å²) in [5.74, 6) is 1.05. The predicted molar refractivity (Wildman–Crippen MR) is 50.9 cm³/mol. The van der Waals surface area contributed by atoms with E-state index in [9.17, 15) is 4.79 Å². The van der Waals surface area contributed by atoms with Crippen molar-refractivity contribution in [2.75, 3.05) is 0 Å². The molecule has 0 aromatic carbocycles. The van der Waals surface area contributed by atoms with Gasteiger partial charge in [0.2, 0.25) is 0 Å². The van der Waals surface area contributed by atoms with Crippen LogP contribution in [0.5, 0.6) is 0 Å². The molecule has 0 saturated heterocycles. The molecule has 1 rings (SSSR count). The number of allylic oxidation sites excluding steroid dienone is 1. The summed E-state index contributed by atoms with van der Waals surface area (Å²) in [6.07, 6.45) is 3.25. The van der Waals surface area contributed by atoms with E-state index >= 15 is 0 Å². The first-order valence-electron chi connectivity index (χ1n) is 4.60. The number of carbonyl (C=O) groups excluding carboxylic acids is 1. The first kappa shape index (κ1) is 9.50. The Hall–Kier alpha value is -0.590. The molecule has 0 heterocycles. The lowest BCUT2D eigenvalue weighted by atomic mass is 9.89. The molecule has 2 atom stereocenters. The van der Waals surface area contributed by atoms with Gasteiger partial charge in [-0.1, -0.05) is 27.4 Å². The molecule has 0 spiro atoms. The van der Waals surface area contributed by atoms with Crippen molar-refractivity contribution in [1.29, 1.82) is 0 Å². The Morgan fingerprint density at radius 2 is 2.08 bits per heavy atom. The minimum Gasteiger partial charge on any atom is -0.298 e. The van der Waals surface area contributed by atoms with Gasteiger partial charge < -0.3 is 0 Å². The topological polar surface area (TPSA) is 17.1 Å². The fraction of sp³-hybridized carbons (Fsp3) is 0.727. The highest BCUT2D eigenvalue weighted by Crippen LogP contribution is 2.46. The van der Waals surface area contributed by atoms with Gasteiger partial charge in [-0.2, -0.15) is 0 Å². The standard InChI is InChI=1S/C11H18O/c1-8-5-11(3,4)6-10(8)9(2)7-12/h7-8,10H,2,5-6H2,1,3-4H3. The summed E-state index contributed by atoms with van der Waals surface area (Å²) in [4.78, 5) is 10.5. The van der Waals surface area contributed by atoms with Crippen LogP contribution in [0.4, 0.5) is 0 Å². The van der Waals surface area contributed by atoms with Gasteiger partial charge in [0.05, 0.1) is 0 Å². The molecule has 1 heteroatoms. The third-order valence-electron chi connectivity index (χ3n) is 2.96. The van der Waals surface area contributed by atoms with E-state index in [1.54, 1.807) is 0 Å². The van der Waals surface area contributed by atoms with Gasteiger partial charge in [0.1, 0.15) is 6.29 Å². The van der Waals surface area contributed by atoms with Crippen molar-refractivity contribution in [3.05, 3.63) is 12.2 Å². The molecule has 0 N–H and O–H groups in total. The Bertz CT molecular complexity index is 203. The second-order valence-electron chi connectivity index (χ2n) is 4.85. The summed E-state index contributed by atoms with van der Waals surface area (Å²) >= 11 is 0. The highest BCUT2D eigenvalue weighted by atomic mass is 16.1. The number of hydrogen-bond acceptors (Lipinski definition) is 1. The van der Waals surface area contributed by atoms with E-state index in [0.29, 0.717) is 17.3 Å². The maximum atomic E-state index is 10.5. The largest absolute Gasteiger partial charge is 0.298 e. The second kappa shape index (κ2) is 3.04. The van der Waals surface area contributed by atoms with Gasteiger partial charge in [0.25, 0.3) is 0 Å². The highest BCUT2D eigenvalue weighted by Gasteiger charge is 2.37. The molecule has 0 aliphatic heterocycles. The van der Waals surface area contributed by atoms with E-state index in [4.69, 9.17) is 0 Å². The number of carbonyl (C=O) groups is 1. The fourth-order valence-corrected chi connectivity index (χ4v) is 2.48. The zero-order valence-corrected chi connectivity index (χ0v) is 8.26. The van der Waals surface area contributed by atoms with Crippen LogP contribution in [-0.4, -0.2) is 6.29 Å². The molecule has 1 fully saturated rings. The van der Waals surface area contributed by atoms with Crippen LogP contribution in [0.2, 0.25) is 0 Å². The minimum absolute atomic E-state index is 0.399. The van der Waals surface area contributed by atoms with E-state index in [2.05, 4.69) is 27.4 Å². The van der Waals surface area contributed by atoms with Crippen molar-refractivity contribution in [3.8, 4) is 0 Å². The van der Waals surface area contributed by atoms with Crippen LogP contribution >= 0.6 is 0 Å². The van der Waals surface area contributed by atoms with Gasteiger partial charge in [0, 0.05) is 0 Å². The average molecular weight is 166 g/mol. The zero-order chi connectivity index (χ0) is 9.35. The first-order valence-corrected chi connectivity index (χ1v) is 4.60. The first-order chi connectivity index (χ1) is 5.46. The van der Waals surface area contributed by atoms with Crippen LogP contribution in [0.15, 0.2) is 12.2 Å². The molecule has 1 nitrogen and oxygen atoms in total. The molecule has 2 unspecified atom stereocenters. The smallest absolute Gasteiger partial charge is 0.145 e. The van der Waals surface area contributed by atoms with Crippen LogP contribution in [-0.2, 0) is 4.79 Å². The minimum atomic E-state index is 0.399. The van der Waals surface area contributed by atoms with Crippen molar-refractivity contribution in [2.45, 2.75) is 33.6 Å². The summed E-state index contributed by atoms with van der Waals surface area (Å²) in [5, 5.41) is 0. The summed E-state index contributed by atoms with van der Waals surface area (Å²) in [6.45, 7) is 10.6. The lowest BCUT2D eigenvalue weighted by Gasteiger charge is -2.16. The highest BCUT2D eigenvalue weighted by molar-refractivity contribution is 5.73. The molecule has 1 aliphatic carbocycles. The average Bonchev–Trinajstić information content (AvgIpc) is 2.23. The molecular weight excluding hydrogens is 148 g/mol. The molecule has 0 radical (unpaired) electrons. The van der Waals surface area contributed by atoms with Crippen LogP contribution in [0.25, 0.3) is 0 Å². The Balaban J connectivity index is 2.70. The predicted octanol–water partition coefficient (Wildman–Crippen LogP) is 2.81. The maximum absolute atomic E-state index is 10.5. The number of hydrogen-bond donors (Lipinski definition) is 0. The van der Waals surface area contributed by atoms with Crippen molar-refractivity contribution in [2.24, 2.45) is 17.3 Å². The monoisotopic (exact) mass is 166 g/mol. The van der Waals surface area contributed by atoms with E-state index in [-0.39, 0.29) is 0 Å². The van der Waals surface area contributed by atoms with Gasteiger partial charge in [-0.3, -0.25) is 4.79 Å². The van der Waals surface area contributed by atoms with E-state index in [0.717, 1.165) is 18.3 Å². The quantitative estimate of drug-likeness (QED) is 0.455. The summed E-state index contributed by atoms with van der Waals surface area (Å²) in [7, 11) is 0. The molecule has 0 bridgehead atoms. The molecule has 0 aromatic rings. The molecule has 68 valence electrons.